The molecule has 4 rings (SSSR count). The molecule has 8 nitrogen and oxygen atoms in total. The smallest absolute Gasteiger partial charge is 0.270 e. The lowest BCUT2D eigenvalue weighted by Gasteiger charge is -2.13. The molecule has 0 saturated carbocycles. The van der Waals surface area contributed by atoms with Crippen LogP contribution < -0.4 is 5.32 Å². The number of carbonyl (C=O) groups excluding carboxylic acids is 2. The highest BCUT2D eigenvalue weighted by molar-refractivity contribution is 8.01. The number of hydrogen-bond acceptors (Lipinski definition) is 8. The molecule has 2 aromatic rings. The summed E-state index contributed by atoms with van der Waals surface area (Å²) in [5.74, 6) is 0.191. The summed E-state index contributed by atoms with van der Waals surface area (Å²) in [6.07, 6.45) is 6.12. The van der Waals surface area contributed by atoms with Crippen LogP contribution in [0.15, 0.2) is 16.6 Å². The van der Waals surface area contributed by atoms with Gasteiger partial charge in [0, 0.05) is 38.0 Å². The molecule has 2 saturated heterocycles. The molecule has 1 atom stereocenters. The SMILES string of the molecule is O=C(CSc1nnc(NCC2CCCO2)s1)c1c[nH]c(C(=O)N2CCCC2)c1. The molecule has 0 radical (unpaired) electrons. The van der Waals surface area contributed by atoms with Crippen molar-refractivity contribution in [2.45, 2.75) is 36.1 Å². The fourth-order valence-corrected chi connectivity index (χ4v) is 4.98. The van der Waals surface area contributed by atoms with Gasteiger partial charge in [-0.1, -0.05) is 23.1 Å². The number of rotatable bonds is 8. The van der Waals surface area contributed by atoms with Crippen molar-refractivity contribution < 1.29 is 14.3 Å². The zero-order chi connectivity index (χ0) is 19.3. The maximum Gasteiger partial charge on any atom is 0.270 e. The molecular formula is C18H23N5O3S2. The van der Waals surface area contributed by atoms with Crippen LogP contribution in [-0.4, -0.2) is 69.9 Å². The Labute approximate surface area is 171 Å². The van der Waals surface area contributed by atoms with E-state index in [4.69, 9.17) is 4.74 Å². The molecule has 2 N–H and O–H groups in total. The Balaban J connectivity index is 1.25. The van der Waals surface area contributed by atoms with E-state index in [1.807, 2.05) is 4.90 Å². The number of likely N-dealkylation sites (tertiary alicyclic amines) is 1. The third-order valence-electron chi connectivity index (χ3n) is 4.87. The Morgan fingerprint density at radius 3 is 2.96 bits per heavy atom. The zero-order valence-electron chi connectivity index (χ0n) is 15.5. The number of anilines is 1. The predicted octanol–water partition coefficient (Wildman–Crippen LogP) is 2.67. The lowest BCUT2D eigenvalue weighted by molar-refractivity contribution is 0.0787. The lowest BCUT2D eigenvalue weighted by atomic mass is 10.2. The molecule has 0 spiro atoms. The van der Waals surface area contributed by atoms with E-state index in [1.54, 1.807) is 12.3 Å². The molecular weight excluding hydrogens is 398 g/mol. The lowest BCUT2D eigenvalue weighted by Crippen LogP contribution is -2.27. The van der Waals surface area contributed by atoms with Gasteiger partial charge in [0.2, 0.25) is 5.13 Å². The van der Waals surface area contributed by atoms with Crippen molar-refractivity contribution in [3.05, 3.63) is 23.5 Å². The van der Waals surface area contributed by atoms with Crippen LogP contribution in [0.1, 0.15) is 46.5 Å². The topological polar surface area (TPSA) is 100 Å². The van der Waals surface area contributed by atoms with E-state index >= 15 is 0 Å². The highest BCUT2D eigenvalue weighted by Crippen LogP contribution is 2.26. The maximum absolute atomic E-state index is 12.4. The number of ketones is 1. The molecule has 2 aliphatic rings. The van der Waals surface area contributed by atoms with Gasteiger partial charge in [-0.3, -0.25) is 9.59 Å². The Hall–Kier alpha value is -1.91. The highest BCUT2D eigenvalue weighted by Gasteiger charge is 2.22. The number of nitrogens with one attached hydrogen (secondary N) is 2. The molecule has 10 heteroatoms. The summed E-state index contributed by atoms with van der Waals surface area (Å²) in [4.78, 5) is 29.6. The van der Waals surface area contributed by atoms with Crippen LogP contribution in [0, 0.1) is 0 Å². The van der Waals surface area contributed by atoms with Crippen LogP contribution in [0.3, 0.4) is 0 Å². The summed E-state index contributed by atoms with van der Waals surface area (Å²) in [5.41, 5.74) is 1.00. The van der Waals surface area contributed by atoms with Crippen LogP contribution in [0.5, 0.6) is 0 Å². The van der Waals surface area contributed by atoms with Crippen LogP contribution in [0.2, 0.25) is 0 Å². The number of amides is 1. The fourth-order valence-electron chi connectivity index (χ4n) is 3.33. The Morgan fingerprint density at radius 2 is 2.18 bits per heavy atom. The van der Waals surface area contributed by atoms with Gasteiger partial charge in [-0.05, 0) is 31.7 Å². The minimum absolute atomic E-state index is 0.0321. The number of nitrogens with zero attached hydrogens (tertiary/aromatic N) is 3. The summed E-state index contributed by atoms with van der Waals surface area (Å²) >= 11 is 2.79. The van der Waals surface area contributed by atoms with Crippen molar-refractivity contribution in [1.82, 2.24) is 20.1 Å². The van der Waals surface area contributed by atoms with E-state index in [0.717, 1.165) is 61.4 Å². The number of aromatic nitrogens is 3. The molecule has 150 valence electrons. The van der Waals surface area contributed by atoms with Gasteiger partial charge in [0.1, 0.15) is 5.69 Å². The molecule has 28 heavy (non-hydrogen) atoms. The molecule has 0 aromatic carbocycles. The summed E-state index contributed by atoms with van der Waals surface area (Å²) < 4.78 is 6.32. The van der Waals surface area contributed by atoms with Gasteiger partial charge in [-0.2, -0.15) is 0 Å². The van der Waals surface area contributed by atoms with E-state index in [9.17, 15) is 9.59 Å². The van der Waals surface area contributed by atoms with Crippen LogP contribution in [0.4, 0.5) is 5.13 Å². The minimum atomic E-state index is -0.0363. The van der Waals surface area contributed by atoms with E-state index in [-0.39, 0.29) is 23.5 Å². The van der Waals surface area contributed by atoms with E-state index in [1.165, 1.54) is 23.1 Å². The number of ether oxygens (including phenoxy) is 1. The number of H-pyrrole nitrogens is 1. The number of carbonyl (C=O) groups is 2. The number of thioether (sulfide) groups is 1. The second-order valence-electron chi connectivity index (χ2n) is 6.90. The van der Waals surface area contributed by atoms with Gasteiger partial charge in [0.25, 0.3) is 5.91 Å². The summed E-state index contributed by atoms with van der Waals surface area (Å²) in [6.45, 7) is 3.14. The first-order valence-electron chi connectivity index (χ1n) is 9.52. The zero-order valence-corrected chi connectivity index (χ0v) is 17.1. The Morgan fingerprint density at radius 1 is 1.32 bits per heavy atom. The monoisotopic (exact) mass is 421 g/mol. The van der Waals surface area contributed by atoms with Crippen LogP contribution in [-0.2, 0) is 4.74 Å². The van der Waals surface area contributed by atoms with Gasteiger partial charge in [0.05, 0.1) is 11.9 Å². The maximum atomic E-state index is 12.4. The summed E-state index contributed by atoms with van der Waals surface area (Å²) in [5, 5.41) is 12.2. The fraction of sp³-hybridized carbons (Fsp3) is 0.556. The predicted molar refractivity (Wildman–Crippen MR) is 108 cm³/mol. The number of hydrogen-bond donors (Lipinski definition) is 2. The van der Waals surface area contributed by atoms with Crippen molar-refractivity contribution in [2.24, 2.45) is 0 Å². The first-order chi connectivity index (χ1) is 13.7. The van der Waals surface area contributed by atoms with Crippen molar-refractivity contribution in [2.75, 3.05) is 37.3 Å². The second kappa shape index (κ2) is 9.06. The van der Waals surface area contributed by atoms with E-state index in [0.29, 0.717) is 11.3 Å². The largest absolute Gasteiger partial charge is 0.376 e. The normalized spacial score (nSPS) is 19.3. The average molecular weight is 422 g/mol. The summed E-state index contributed by atoms with van der Waals surface area (Å²) in [7, 11) is 0. The van der Waals surface area contributed by atoms with Gasteiger partial charge >= 0.3 is 0 Å². The van der Waals surface area contributed by atoms with Crippen LogP contribution >= 0.6 is 23.1 Å². The van der Waals surface area contributed by atoms with Gasteiger partial charge in [0.15, 0.2) is 10.1 Å². The van der Waals surface area contributed by atoms with Gasteiger partial charge in [-0.25, -0.2) is 0 Å². The van der Waals surface area contributed by atoms with E-state index < -0.39 is 0 Å². The summed E-state index contributed by atoms with van der Waals surface area (Å²) in [6, 6.07) is 1.65. The molecule has 2 fully saturated rings. The van der Waals surface area contributed by atoms with Gasteiger partial charge in [-0.15, -0.1) is 10.2 Å². The van der Waals surface area contributed by atoms with Crippen molar-refractivity contribution in [3.63, 3.8) is 0 Å². The molecule has 4 heterocycles. The van der Waals surface area contributed by atoms with Crippen molar-refractivity contribution in [1.29, 1.82) is 0 Å². The third-order valence-corrected chi connectivity index (χ3v) is 6.88. The Kier molecular flexibility index (Phi) is 6.28. The first-order valence-corrected chi connectivity index (χ1v) is 11.3. The first kappa shape index (κ1) is 19.4. The molecule has 0 bridgehead atoms. The second-order valence-corrected chi connectivity index (χ2v) is 9.10. The van der Waals surface area contributed by atoms with E-state index in [2.05, 4.69) is 20.5 Å². The molecule has 0 aliphatic carbocycles. The highest BCUT2D eigenvalue weighted by atomic mass is 32.2. The quantitative estimate of drug-likeness (QED) is 0.499. The third kappa shape index (κ3) is 4.73. The molecule has 1 amide bonds. The van der Waals surface area contributed by atoms with Gasteiger partial charge < -0.3 is 19.9 Å². The standard InChI is InChI=1S/C18H23N5O3S2/c24-15(12-8-14(19-9-12)16(25)23-5-1-2-6-23)11-27-18-22-21-17(28-18)20-10-13-4-3-7-26-13/h8-9,13,19H,1-7,10-11H2,(H,20,21). The Bertz CT molecular complexity index is 825. The van der Waals surface area contributed by atoms with Crippen molar-refractivity contribution >= 4 is 39.9 Å². The van der Waals surface area contributed by atoms with Crippen LogP contribution in [0.25, 0.3) is 0 Å². The van der Waals surface area contributed by atoms with Crippen molar-refractivity contribution in [3.8, 4) is 0 Å². The molecule has 2 aromatic heterocycles. The molecule has 2 aliphatic heterocycles. The number of aromatic amines is 1. The minimum Gasteiger partial charge on any atom is -0.376 e. The average Bonchev–Trinajstić information content (AvgIpc) is 3.50. The number of Topliss-reactive ketones (excluding diaryl/α,β-unsaturated/α-hetero) is 1. The molecule has 1 unspecified atom stereocenters.